The fraction of sp³-hybridized carbons (Fsp3) is 0.0800. The summed E-state index contributed by atoms with van der Waals surface area (Å²) in [4.78, 5) is 0. The smallest absolute Gasteiger partial charge is 0.201 e. The zero-order valence-corrected chi connectivity index (χ0v) is 15.0. The van der Waals surface area contributed by atoms with Gasteiger partial charge in [-0.05, 0) is 69.1 Å². The van der Waals surface area contributed by atoms with Gasteiger partial charge in [0.1, 0.15) is 7.05 Å². The molecule has 0 unspecified atom stereocenters. The maximum atomic E-state index is 2.33. The minimum Gasteiger partial charge on any atom is -0.201 e. The van der Waals surface area contributed by atoms with Gasteiger partial charge in [-0.25, -0.2) is 4.57 Å². The zero-order valence-electron chi connectivity index (χ0n) is 15.0. The number of pyridine rings is 1. The highest BCUT2D eigenvalue weighted by atomic mass is 14.9. The molecule has 1 heterocycles. The highest BCUT2D eigenvalue weighted by molar-refractivity contribution is 6.13. The van der Waals surface area contributed by atoms with Crippen molar-refractivity contribution in [3.05, 3.63) is 90.6 Å². The molecule has 5 aromatic rings. The summed E-state index contributed by atoms with van der Waals surface area (Å²) >= 11 is 0. The first-order valence-corrected chi connectivity index (χ1v) is 9.02. The highest BCUT2D eigenvalue weighted by Gasteiger charge is 2.14. The van der Waals surface area contributed by atoms with Crippen LogP contribution in [0.25, 0.3) is 43.6 Å². The second kappa shape index (κ2) is 5.67. The van der Waals surface area contributed by atoms with Gasteiger partial charge in [0, 0.05) is 17.7 Å². The van der Waals surface area contributed by atoms with Gasteiger partial charge in [0.25, 0.3) is 0 Å². The summed E-state index contributed by atoms with van der Waals surface area (Å²) in [7, 11) is 2.10. The fourth-order valence-corrected chi connectivity index (χ4v) is 4.06. The van der Waals surface area contributed by atoms with Crippen LogP contribution in [0.2, 0.25) is 0 Å². The molecule has 1 heteroatoms. The summed E-state index contributed by atoms with van der Waals surface area (Å²) in [6.45, 7) is 2.23. The third-order valence-electron chi connectivity index (χ3n) is 5.48. The molecule has 4 aromatic carbocycles. The van der Waals surface area contributed by atoms with Crippen LogP contribution >= 0.6 is 0 Å². The van der Waals surface area contributed by atoms with Gasteiger partial charge in [0.05, 0.1) is 0 Å². The highest BCUT2D eigenvalue weighted by Crippen LogP contribution is 2.34. The lowest BCUT2D eigenvalue weighted by Gasteiger charge is -2.11. The Morgan fingerprint density at radius 1 is 0.615 bits per heavy atom. The summed E-state index contributed by atoms with van der Waals surface area (Å²) in [5.74, 6) is 0. The van der Waals surface area contributed by atoms with Crippen LogP contribution in [0.1, 0.15) is 5.56 Å². The third kappa shape index (κ3) is 2.21. The predicted octanol–water partition coefficient (Wildman–Crippen LogP) is 5.95. The topological polar surface area (TPSA) is 3.88 Å². The summed E-state index contributed by atoms with van der Waals surface area (Å²) in [5.41, 5.74) is 3.87. The molecule has 5 rings (SSSR count). The van der Waals surface area contributed by atoms with Crippen molar-refractivity contribution in [3.63, 3.8) is 0 Å². The number of aryl methyl sites for hydroxylation is 2. The van der Waals surface area contributed by atoms with Crippen LogP contribution in [0.5, 0.6) is 0 Å². The van der Waals surface area contributed by atoms with Crippen molar-refractivity contribution in [1.82, 2.24) is 0 Å². The first-order chi connectivity index (χ1) is 12.7. The van der Waals surface area contributed by atoms with Crippen LogP contribution in [0.4, 0.5) is 0 Å². The molecule has 0 aliphatic heterocycles. The largest absolute Gasteiger partial charge is 0.212 e. The minimum absolute atomic E-state index is 1.24. The molecule has 26 heavy (non-hydrogen) atoms. The van der Waals surface area contributed by atoms with Gasteiger partial charge in [-0.15, -0.1) is 0 Å². The van der Waals surface area contributed by atoms with Gasteiger partial charge in [0.15, 0.2) is 6.20 Å². The van der Waals surface area contributed by atoms with E-state index in [1.165, 1.54) is 49.1 Å². The van der Waals surface area contributed by atoms with Crippen molar-refractivity contribution in [2.45, 2.75) is 6.92 Å². The maximum absolute atomic E-state index is 2.33. The number of rotatable bonds is 1. The SMILES string of the molecule is Cc1c(-c2cccc[n+]2C)ccc2c1ccc1cc3ccccc3cc12. The van der Waals surface area contributed by atoms with E-state index >= 15 is 0 Å². The molecule has 0 aliphatic carbocycles. The van der Waals surface area contributed by atoms with Crippen molar-refractivity contribution in [3.8, 4) is 11.3 Å². The summed E-state index contributed by atoms with van der Waals surface area (Å²) in [5, 5.41) is 7.87. The lowest BCUT2D eigenvalue weighted by Crippen LogP contribution is -2.30. The predicted molar refractivity (Wildman–Crippen MR) is 110 cm³/mol. The van der Waals surface area contributed by atoms with Crippen molar-refractivity contribution >= 4 is 32.3 Å². The zero-order chi connectivity index (χ0) is 17.7. The van der Waals surface area contributed by atoms with E-state index in [4.69, 9.17) is 0 Å². The molecule has 0 saturated carbocycles. The van der Waals surface area contributed by atoms with Gasteiger partial charge < -0.3 is 0 Å². The standard InChI is InChI=1S/C25H20N/c1-17-21-11-10-20-15-18-7-3-4-8-19(18)16-24(20)23(21)13-12-22(17)25-9-5-6-14-26(25)2/h3-16H,1-2H3/q+1. The van der Waals surface area contributed by atoms with Crippen LogP contribution in [-0.2, 0) is 7.05 Å². The Kier molecular flexibility index (Phi) is 3.29. The van der Waals surface area contributed by atoms with Crippen molar-refractivity contribution in [2.75, 3.05) is 0 Å². The average molecular weight is 334 g/mol. The Morgan fingerprint density at radius 2 is 1.35 bits per heavy atom. The normalized spacial score (nSPS) is 11.5. The van der Waals surface area contributed by atoms with Gasteiger partial charge >= 0.3 is 0 Å². The summed E-state index contributed by atoms with van der Waals surface area (Å²) in [6.07, 6.45) is 2.10. The van der Waals surface area contributed by atoms with Crippen molar-refractivity contribution < 1.29 is 4.57 Å². The number of nitrogens with zero attached hydrogens (tertiary/aromatic N) is 1. The fourth-order valence-electron chi connectivity index (χ4n) is 4.06. The molecular formula is C25H20N+. The van der Waals surface area contributed by atoms with Crippen molar-refractivity contribution in [1.29, 1.82) is 0 Å². The number of fused-ring (bicyclic) bond motifs is 4. The number of hydrogen-bond donors (Lipinski definition) is 0. The number of benzene rings is 4. The van der Waals surface area contributed by atoms with Crippen molar-refractivity contribution in [2.24, 2.45) is 7.05 Å². The van der Waals surface area contributed by atoms with E-state index in [-0.39, 0.29) is 0 Å². The first kappa shape index (κ1) is 15.1. The van der Waals surface area contributed by atoms with Crippen LogP contribution < -0.4 is 4.57 Å². The van der Waals surface area contributed by atoms with E-state index in [1.807, 2.05) is 0 Å². The number of aromatic nitrogens is 1. The molecule has 124 valence electrons. The maximum Gasteiger partial charge on any atom is 0.212 e. The van der Waals surface area contributed by atoms with E-state index in [1.54, 1.807) is 0 Å². The molecule has 0 N–H and O–H groups in total. The summed E-state index contributed by atoms with van der Waals surface area (Å²) < 4.78 is 2.18. The second-order valence-electron chi connectivity index (χ2n) is 7.02. The van der Waals surface area contributed by atoms with Crippen LogP contribution in [0, 0.1) is 6.92 Å². The second-order valence-corrected chi connectivity index (χ2v) is 7.02. The monoisotopic (exact) mass is 334 g/mol. The molecular weight excluding hydrogens is 314 g/mol. The van der Waals surface area contributed by atoms with Gasteiger partial charge in [-0.2, -0.15) is 0 Å². The molecule has 0 bridgehead atoms. The van der Waals surface area contributed by atoms with E-state index < -0.39 is 0 Å². The molecule has 0 spiro atoms. The van der Waals surface area contributed by atoms with Crippen LogP contribution in [0.15, 0.2) is 85.1 Å². The van der Waals surface area contributed by atoms with E-state index in [0.29, 0.717) is 0 Å². The number of hydrogen-bond acceptors (Lipinski definition) is 0. The van der Waals surface area contributed by atoms with Crippen LogP contribution in [-0.4, -0.2) is 0 Å². The molecule has 1 nitrogen and oxygen atoms in total. The lowest BCUT2D eigenvalue weighted by molar-refractivity contribution is -0.660. The average Bonchev–Trinajstić information content (AvgIpc) is 2.67. The minimum atomic E-state index is 1.24. The third-order valence-corrected chi connectivity index (χ3v) is 5.48. The molecule has 0 aliphatic rings. The molecule has 0 saturated heterocycles. The Morgan fingerprint density at radius 3 is 2.15 bits per heavy atom. The first-order valence-electron chi connectivity index (χ1n) is 9.02. The molecule has 1 aromatic heterocycles. The molecule has 0 atom stereocenters. The van der Waals surface area contributed by atoms with E-state index in [9.17, 15) is 0 Å². The Hall–Kier alpha value is -3.19. The molecule has 0 amide bonds. The Labute approximate surface area is 153 Å². The molecule has 0 radical (unpaired) electrons. The lowest BCUT2D eigenvalue weighted by atomic mass is 9.93. The summed E-state index contributed by atoms with van der Waals surface area (Å²) in [6, 6.07) is 28.6. The quantitative estimate of drug-likeness (QED) is 0.203. The Balaban J connectivity index is 1.84. The van der Waals surface area contributed by atoms with Crippen LogP contribution in [0.3, 0.4) is 0 Å². The van der Waals surface area contributed by atoms with E-state index in [0.717, 1.165) is 0 Å². The van der Waals surface area contributed by atoms with Gasteiger partial charge in [0.2, 0.25) is 5.69 Å². The van der Waals surface area contributed by atoms with E-state index in [2.05, 4.69) is 104 Å². The Bertz CT molecular complexity index is 1300. The van der Waals surface area contributed by atoms with Gasteiger partial charge in [-0.1, -0.05) is 42.5 Å². The van der Waals surface area contributed by atoms with Gasteiger partial charge in [-0.3, -0.25) is 0 Å². The molecule has 0 fully saturated rings.